The standard InChI is InChI=1S/C12H21NO2/c1-4-7-15-11-5-6-12(14)10(8-11)9-13(2)3/h4,10-11H,1,5-9H2,2-3H3. The van der Waals surface area contributed by atoms with Crippen molar-refractivity contribution in [2.75, 3.05) is 27.2 Å². The number of hydrogen-bond acceptors (Lipinski definition) is 3. The number of ketones is 1. The molecule has 1 fully saturated rings. The minimum Gasteiger partial charge on any atom is -0.374 e. The van der Waals surface area contributed by atoms with Gasteiger partial charge in [-0.1, -0.05) is 6.08 Å². The van der Waals surface area contributed by atoms with Crippen molar-refractivity contribution >= 4 is 5.78 Å². The lowest BCUT2D eigenvalue weighted by molar-refractivity contribution is -0.128. The van der Waals surface area contributed by atoms with Crippen LogP contribution >= 0.6 is 0 Å². The number of ether oxygens (including phenoxy) is 1. The number of nitrogens with zero attached hydrogens (tertiary/aromatic N) is 1. The third kappa shape index (κ3) is 4.14. The summed E-state index contributed by atoms with van der Waals surface area (Å²) in [4.78, 5) is 13.7. The molecule has 3 heteroatoms. The van der Waals surface area contributed by atoms with E-state index in [-0.39, 0.29) is 12.0 Å². The minimum absolute atomic E-state index is 0.156. The Labute approximate surface area is 92.1 Å². The van der Waals surface area contributed by atoms with Crippen LogP contribution in [0.1, 0.15) is 19.3 Å². The highest BCUT2D eigenvalue weighted by molar-refractivity contribution is 5.82. The van der Waals surface area contributed by atoms with Gasteiger partial charge in [-0.05, 0) is 26.9 Å². The Hall–Kier alpha value is -0.670. The molecule has 0 aliphatic heterocycles. The van der Waals surface area contributed by atoms with Crippen LogP contribution in [-0.4, -0.2) is 44.0 Å². The van der Waals surface area contributed by atoms with Gasteiger partial charge in [-0.3, -0.25) is 4.79 Å². The van der Waals surface area contributed by atoms with Crippen molar-refractivity contribution in [2.45, 2.75) is 25.4 Å². The van der Waals surface area contributed by atoms with Crippen LogP contribution in [0.3, 0.4) is 0 Å². The second-order valence-electron chi connectivity index (χ2n) is 4.44. The van der Waals surface area contributed by atoms with Gasteiger partial charge in [-0.25, -0.2) is 0 Å². The average Bonchev–Trinajstić information content (AvgIpc) is 2.18. The summed E-state index contributed by atoms with van der Waals surface area (Å²) < 4.78 is 5.60. The zero-order valence-corrected chi connectivity index (χ0v) is 9.74. The highest BCUT2D eigenvalue weighted by Gasteiger charge is 2.29. The van der Waals surface area contributed by atoms with Crippen molar-refractivity contribution in [2.24, 2.45) is 5.92 Å². The lowest BCUT2D eigenvalue weighted by Gasteiger charge is -2.29. The molecule has 1 aliphatic carbocycles. The lowest BCUT2D eigenvalue weighted by atomic mass is 9.85. The van der Waals surface area contributed by atoms with Gasteiger partial charge < -0.3 is 9.64 Å². The molecular formula is C12H21NO2. The zero-order valence-electron chi connectivity index (χ0n) is 9.74. The van der Waals surface area contributed by atoms with Gasteiger partial charge in [0.25, 0.3) is 0 Å². The van der Waals surface area contributed by atoms with Crippen LogP contribution in [0.4, 0.5) is 0 Å². The van der Waals surface area contributed by atoms with Gasteiger partial charge in [0.1, 0.15) is 5.78 Å². The molecule has 0 amide bonds. The molecule has 1 rings (SSSR count). The van der Waals surface area contributed by atoms with Crippen LogP contribution in [0.2, 0.25) is 0 Å². The highest BCUT2D eigenvalue weighted by Crippen LogP contribution is 2.24. The number of hydrogen-bond donors (Lipinski definition) is 0. The Bertz CT molecular complexity index is 224. The lowest BCUT2D eigenvalue weighted by Crippen LogP contribution is -2.36. The Morgan fingerprint density at radius 3 is 2.93 bits per heavy atom. The summed E-state index contributed by atoms with van der Waals surface area (Å²) in [5, 5.41) is 0. The summed E-state index contributed by atoms with van der Waals surface area (Å²) in [6.07, 6.45) is 4.41. The molecule has 0 N–H and O–H groups in total. The van der Waals surface area contributed by atoms with E-state index in [0.29, 0.717) is 18.8 Å². The van der Waals surface area contributed by atoms with Gasteiger partial charge >= 0.3 is 0 Å². The van der Waals surface area contributed by atoms with E-state index in [1.165, 1.54) is 0 Å². The fraction of sp³-hybridized carbons (Fsp3) is 0.750. The highest BCUT2D eigenvalue weighted by atomic mass is 16.5. The van der Waals surface area contributed by atoms with Crippen LogP contribution < -0.4 is 0 Å². The van der Waals surface area contributed by atoms with Crippen molar-refractivity contribution in [3.05, 3.63) is 12.7 Å². The van der Waals surface area contributed by atoms with E-state index in [9.17, 15) is 4.79 Å². The van der Waals surface area contributed by atoms with E-state index in [1.807, 2.05) is 14.1 Å². The maximum absolute atomic E-state index is 11.6. The largest absolute Gasteiger partial charge is 0.374 e. The quantitative estimate of drug-likeness (QED) is 0.645. The number of carbonyl (C=O) groups excluding carboxylic acids is 1. The predicted octanol–water partition coefficient (Wildman–Crippen LogP) is 1.49. The molecule has 1 saturated carbocycles. The van der Waals surface area contributed by atoms with Crippen LogP contribution in [0.25, 0.3) is 0 Å². The van der Waals surface area contributed by atoms with E-state index in [4.69, 9.17) is 4.74 Å². The second kappa shape index (κ2) is 6.03. The molecule has 2 unspecified atom stereocenters. The van der Waals surface area contributed by atoms with Gasteiger partial charge in [0.2, 0.25) is 0 Å². The molecule has 0 spiro atoms. The number of carbonyl (C=O) groups is 1. The summed E-state index contributed by atoms with van der Waals surface area (Å²) >= 11 is 0. The monoisotopic (exact) mass is 211 g/mol. The smallest absolute Gasteiger partial charge is 0.137 e. The van der Waals surface area contributed by atoms with Crippen molar-refractivity contribution in [3.63, 3.8) is 0 Å². The van der Waals surface area contributed by atoms with Gasteiger partial charge in [0, 0.05) is 18.9 Å². The molecule has 0 aromatic heterocycles. The van der Waals surface area contributed by atoms with Crippen LogP contribution in [0.5, 0.6) is 0 Å². The molecule has 1 aliphatic rings. The van der Waals surface area contributed by atoms with Gasteiger partial charge in [0.15, 0.2) is 0 Å². The molecule has 3 nitrogen and oxygen atoms in total. The molecule has 86 valence electrons. The Morgan fingerprint density at radius 2 is 2.33 bits per heavy atom. The number of Topliss-reactive ketones (excluding diaryl/α,β-unsaturated/α-hetero) is 1. The fourth-order valence-corrected chi connectivity index (χ4v) is 2.05. The molecular weight excluding hydrogens is 190 g/mol. The first kappa shape index (κ1) is 12.4. The van der Waals surface area contributed by atoms with Crippen molar-refractivity contribution < 1.29 is 9.53 Å². The molecule has 0 bridgehead atoms. The summed E-state index contributed by atoms with van der Waals surface area (Å²) in [5.74, 6) is 0.547. The van der Waals surface area contributed by atoms with Gasteiger partial charge in [0.05, 0.1) is 12.7 Å². The van der Waals surface area contributed by atoms with Crippen LogP contribution in [-0.2, 0) is 9.53 Å². The van der Waals surface area contributed by atoms with E-state index in [0.717, 1.165) is 19.4 Å². The summed E-state index contributed by atoms with van der Waals surface area (Å²) in [6, 6.07) is 0. The second-order valence-corrected chi connectivity index (χ2v) is 4.44. The summed E-state index contributed by atoms with van der Waals surface area (Å²) in [6.45, 7) is 5.06. The summed E-state index contributed by atoms with van der Waals surface area (Å²) in [7, 11) is 4.00. The normalized spacial score (nSPS) is 27.0. The molecule has 15 heavy (non-hydrogen) atoms. The van der Waals surface area contributed by atoms with E-state index in [2.05, 4.69) is 11.5 Å². The van der Waals surface area contributed by atoms with Crippen molar-refractivity contribution in [3.8, 4) is 0 Å². The molecule has 0 radical (unpaired) electrons. The fourth-order valence-electron chi connectivity index (χ4n) is 2.05. The van der Waals surface area contributed by atoms with Crippen molar-refractivity contribution in [1.29, 1.82) is 0 Å². The molecule has 0 aromatic carbocycles. The van der Waals surface area contributed by atoms with Gasteiger partial charge in [-0.15, -0.1) is 6.58 Å². The van der Waals surface area contributed by atoms with E-state index in [1.54, 1.807) is 6.08 Å². The first-order chi connectivity index (χ1) is 7.13. The minimum atomic E-state index is 0.156. The first-order valence-electron chi connectivity index (χ1n) is 5.53. The molecule has 0 heterocycles. The predicted molar refractivity (Wildman–Crippen MR) is 60.8 cm³/mol. The maximum Gasteiger partial charge on any atom is 0.137 e. The van der Waals surface area contributed by atoms with Gasteiger partial charge in [-0.2, -0.15) is 0 Å². The van der Waals surface area contributed by atoms with Crippen LogP contribution in [0.15, 0.2) is 12.7 Å². The number of rotatable bonds is 5. The third-order valence-electron chi connectivity index (χ3n) is 2.75. The average molecular weight is 211 g/mol. The van der Waals surface area contributed by atoms with E-state index >= 15 is 0 Å². The Balaban J connectivity index is 2.40. The van der Waals surface area contributed by atoms with Crippen molar-refractivity contribution in [1.82, 2.24) is 4.90 Å². The Morgan fingerprint density at radius 1 is 1.60 bits per heavy atom. The summed E-state index contributed by atoms with van der Waals surface area (Å²) in [5.41, 5.74) is 0. The third-order valence-corrected chi connectivity index (χ3v) is 2.75. The van der Waals surface area contributed by atoms with Crippen LogP contribution in [0, 0.1) is 5.92 Å². The molecule has 2 atom stereocenters. The SMILES string of the molecule is C=CCOC1CCC(=O)C(CN(C)C)C1. The topological polar surface area (TPSA) is 29.5 Å². The molecule has 0 saturated heterocycles. The molecule has 0 aromatic rings. The Kier molecular flexibility index (Phi) is 4.99. The van der Waals surface area contributed by atoms with E-state index < -0.39 is 0 Å². The zero-order chi connectivity index (χ0) is 11.3. The maximum atomic E-state index is 11.6. The first-order valence-corrected chi connectivity index (χ1v) is 5.53.